The molecule has 0 aliphatic rings. The molecular formula is C21H25NO4. The van der Waals surface area contributed by atoms with Gasteiger partial charge in [0.2, 0.25) is 5.91 Å². The SMILES string of the molecule is CCOc1cccc(CC/C(=C\C(N)=O)c2ccc(OC)c(OC)c2)c1. The van der Waals surface area contributed by atoms with E-state index in [1.165, 1.54) is 6.08 Å². The number of carbonyl (C=O) groups is 1. The number of hydrogen-bond acceptors (Lipinski definition) is 4. The summed E-state index contributed by atoms with van der Waals surface area (Å²) in [5, 5.41) is 0. The maximum absolute atomic E-state index is 11.5. The number of amides is 1. The number of primary amides is 1. The fraction of sp³-hybridized carbons (Fsp3) is 0.286. The van der Waals surface area contributed by atoms with Crippen molar-refractivity contribution in [2.45, 2.75) is 19.8 Å². The largest absolute Gasteiger partial charge is 0.494 e. The summed E-state index contributed by atoms with van der Waals surface area (Å²) in [5.74, 6) is 1.62. The summed E-state index contributed by atoms with van der Waals surface area (Å²) in [6, 6.07) is 13.5. The topological polar surface area (TPSA) is 70.8 Å². The first-order chi connectivity index (χ1) is 12.6. The van der Waals surface area contributed by atoms with E-state index in [9.17, 15) is 4.79 Å². The molecule has 138 valence electrons. The molecule has 0 atom stereocenters. The molecule has 0 aliphatic heterocycles. The van der Waals surface area contributed by atoms with Gasteiger partial charge in [-0.25, -0.2) is 0 Å². The Morgan fingerprint density at radius 3 is 2.50 bits per heavy atom. The fourth-order valence-corrected chi connectivity index (χ4v) is 2.74. The number of allylic oxidation sites excluding steroid dienone is 1. The quantitative estimate of drug-likeness (QED) is 0.698. The van der Waals surface area contributed by atoms with Gasteiger partial charge >= 0.3 is 0 Å². The van der Waals surface area contributed by atoms with E-state index in [0.717, 1.165) is 28.9 Å². The molecule has 2 rings (SSSR count). The summed E-state index contributed by atoms with van der Waals surface area (Å²) in [5.41, 5.74) is 8.25. The maximum Gasteiger partial charge on any atom is 0.241 e. The van der Waals surface area contributed by atoms with E-state index in [0.29, 0.717) is 24.5 Å². The van der Waals surface area contributed by atoms with Crippen LogP contribution in [-0.4, -0.2) is 26.7 Å². The summed E-state index contributed by atoms with van der Waals surface area (Å²) < 4.78 is 16.2. The Balaban J connectivity index is 2.23. The third-order valence-corrected chi connectivity index (χ3v) is 3.96. The van der Waals surface area contributed by atoms with Gasteiger partial charge in [0.25, 0.3) is 0 Å². The Morgan fingerprint density at radius 2 is 1.85 bits per heavy atom. The molecule has 2 N–H and O–H groups in total. The van der Waals surface area contributed by atoms with Crippen molar-refractivity contribution in [2.75, 3.05) is 20.8 Å². The molecule has 0 fully saturated rings. The van der Waals surface area contributed by atoms with Crippen LogP contribution >= 0.6 is 0 Å². The van der Waals surface area contributed by atoms with E-state index >= 15 is 0 Å². The molecule has 26 heavy (non-hydrogen) atoms. The second-order valence-corrected chi connectivity index (χ2v) is 5.72. The van der Waals surface area contributed by atoms with Crippen LogP contribution in [0.5, 0.6) is 17.2 Å². The molecule has 0 saturated carbocycles. The lowest BCUT2D eigenvalue weighted by Crippen LogP contribution is -2.07. The van der Waals surface area contributed by atoms with E-state index < -0.39 is 5.91 Å². The summed E-state index contributed by atoms with van der Waals surface area (Å²) in [6.45, 7) is 2.58. The van der Waals surface area contributed by atoms with Crippen LogP contribution in [0, 0.1) is 0 Å². The Morgan fingerprint density at radius 1 is 1.08 bits per heavy atom. The summed E-state index contributed by atoms with van der Waals surface area (Å²) in [7, 11) is 3.17. The monoisotopic (exact) mass is 355 g/mol. The van der Waals surface area contributed by atoms with E-state index in [-0.39, 0.29) is 0 Å². The van der Waals surface area contributed by atoms with Gasteiger partial charge in [-0.15, -0.1) is 0 Å². The molecule has 0 unspecified atom stereocenters. The van der Waals surface area contributed by atoms with Gasteiger partial charge < -0.3 is 19.9 Å². The molecule has 0 saturated heterocycles. The van der Waals surface area contributed by atoms with Crippen LogP contribution in [0.2, 0.25) is 0 Å². The van der Waals surface area contributed by atoms with Crippen molar-refractivity contribution in [1.29, 1.82) is 0 Å². The zero-order chi connectivity index (χ0) is 18.9. The number of aryl methyl sites for hydroxylation is 1. The Hall–Kier alpha value is -2.95. The minimum absolute atomic E-state index is 0.474. The standard InChI is InChI=1S/C21H25NO4/c1-4-26-18-7-5-6-15(12-18)8-9-17(14-21(22)23)16-10-11-19(24-2)20(13-16)25-3/h5-7,10-14H,4,8-9H2,1-3H3,(H2,22,23)/b17-14+. The van der Waals surface area contributed by atoms with Crippen LogP contribution < -0.4 is 19.9 Å². The fourth-order valence-electron chi connectivity index (χ4n) is 2.74. The zero-order valence-electron chi connectivity index (χ0n) is 15.5. The summed E-state index contributed by atoms with van der Waals surface area (Å²) >= 11 is 0. The highest BCUT2D eigenvalue weighted by molar-refractivity contribution is 5.94. The highest BCUT2D eigenvalue weighted by Crippen LogP contribution is 2.32. The molecule has 1 amide bonds. The molecule has 5 heteroatoms. The molecule has 2 aromatic rings. The third kappa shape index (κ3) is 5.28. The first-order valence-corrected chi connectivity index (χ1v) is 8.51. The van der Waals surface area contributed by atoms with Crippen LogP contribution in [0.15, 0.2) is 48.5 Å². The van der Waals surface area contributed by atoms with Crippen molar-refractivity contribution in [3.8, 4) is 17.2 Å². The molecule has 0 radical (unpaired) electrons. The molecule has 0 bridgehead atoms. The van der Waals surface area contributed by atoms with Crippen molar-refractivity contribution in [2.24, 2.45) is 5.73 Å². The minimum Gasteiger partial charge on any atom is -0.494 e. The van der Waals surface area contributed by atoms with Crippen LogP contribution in [-0.2, 0) is 11.2 Å². The number of carbonyl (C=O) groups excluding carboxylic acids is 1. The molecule has 0 heterocycles. The van der Waals surface area contributed by atoms with Gasteiger partial charge in [0, 0.05) is 6.08 Å². The van der Waals surface area contributed by atoms with E-state index in [4.69, 9.17) is 19.9 Å². The summed E-state index contributed by atoms with van der Waals surface area (Å²) in [4.78, 5) is 11.5. The molecule has 0 aromatic heterocycles. The highest BCUT2D eigenvalue weighted by atomic mass is 16.5. The molecule has 5 nitrogen and oxygen atoms in total. The average Bonchev–Trinajstić information content (AvgIpc) is 2.65. The second kappa shape index (κ2) is 9.51. The van der Waals surface area contributed by atoms with Gasteiger partial charge in [0.1, 0.15) is 5.75 Å². The zero-order valence-corrected chi connectivity index (χ0v) is 15.5. The van der Waals surface area contributed by atoms with Gasteiger partial charge in [0.15, 0.2) is 11.5 Å². The molecule has 0 aliphatic carbocycles. The lowest BCUT2D eigenvalue weighted by molar-refractivity contribution is -0.113. The van der Waals surface area contributed by atoms with Gasteiger partial charge in [-0.1, -0.05) is 18.2 Å². The Kier molecular flexibility index (Phi) is 7.09. The van der Waals surface area contributed by atoms with Crippen molar-refractivity contribution in [3.05, 3.63) is 59.7 Å². The highest BCUT2D eigenvalue weighted by Gasteiger charge is 2.10. The Labute approximate surface area is 154 Å². The Bertz CT molecular complexity index is 783. The number of methoxy groups -OCH3 is 2. The molecular weight excluding hydrogens is 330 g/mol. The molecule has 0 spiro atoms. The van der Waals surface area contributed by atoms with Crippen LogP contribution in [0.1, 0.15) is 24.5 Å². The lowest BCUT2D eigenvalue weighted by Gasteiger charge is -2.13. The number of hydrogen-bond donors (Lipinski definition) is 1. The van der Waals surface area contributed by atoms with Gasteiger partial charge in [0.05, 0.1) is 20.8 Å². The van der Waals surface area contributed by atoms with Gasteiger partial charge in [-0.3, -0.25) is 4.79 Å². The van der Waals surface area contributed by atoms with Crippen LogP contribution in [0.25, 0.3) is 5.57 Å². The smallest absolute Gasteiger partial charge is 0.241 e. The van der Waals surface area contributed by atoms with Crippen molar-refractivity contribution >= 4 is 11.5 Å². The van der Waals surface area contributed by atoms with E-state index in [1.807, 2.05) is 49.4 Å². The third-order valence-electron chi connectivity index (χ3n) is 3.96. The predicted molar refractivity (Wildman–Crippen MR) is 103 cm³/mol. The van der Waals surface area contributed by atoms with Crippen molar-refractivity contribution < 1.29 is 19.0 Å². The van der Waals surface area contributed by atoms with E-state index in [1.54, 1.807) is 14.2 Å². The van der Waals surface area contributed by atoms with Gasteiger partial charge in [-0.05, 0) is 60.7 Å². The van der Waals surface area contributed by atoms with Crippen molar-refractivity contribution in [1.82, 2.24) is 0 Å². The average molecular weight is 355 g/mol. The normalized spacial score (nSPS) is 11.1. The van der Waals surface area contributed by atoms with Crippen LogP contribution in [0.3, 0.4) is 0 Å². The summed E-state index contributed by atoms with van der Waals surface area (Å²) in [6.07, 6.45) is 2.88. The first kappa shape index (κ1) is 19.4. The number of benzene rings is 2. The van der Waals surface area contributed by atoms with Crippen molar-refractivity contribution in [3.63, 3.8) is 0 Å². The second-order valence-electron chi connectivity index (χ2n) is 5.72. The van der Waals surface area contributed by atoms with Gasteiger partial charge in [-0.2, -0.15) is 0 Å². The first-order valence-electron chi connectivity index (χ1n) is 8.51. The van der Waals surface area contributed by atoms with E-state index in [2.05, 4.69) is 0 Å². The maximum atomic E-state index is 11.5. The number of ether oxygens (including phenoxy) is 3. The molecule has 2 aromatic carbocycles. The lowest BCUT2D eigenvalue weighted by atomic mass is 9.97. The minimum atomic E-state index is -0.474. The number of rotatable bonds is 9. The van der Waals surface area contributed by atoms with Crippen LogP contribution in [0.4, 0.5) is 0 Å². The number of nitrogens with two attached hydrogens (primary N) is 1. The predicted octanol–water partition coefficient (Wildman–Crippen LogP) is 3.60.